The maximum Gasteiger partial charge on any atom is 0.0736 e. The molecule has 0 aromatic heterocycles. The molecule has 1 aliphatic heterocycles. The fraction of sp³-hybridized carbons (Fsp3) is 0.562. The molecule has 1 aromatic rings. The van der Waals surface area contributed by atoms with Crippen LogP contribution in [0, 0.1) is 17.2 Å². The van der Waals surface area contributed by atoms with Crippen molar-refractivity contribution in [2.75, 3.05) is 20.2 Å². The molecule has 0 saturated carbocycles. The Balaban J connectivity index is 2.02. The van der Waals surface area contributed by atoms with E-state index in [-0.39, 0.29) is 6.10 Å². The van der Waals surface area contributed by atoms with Gasteiger partial charge in [-0.2, -0.15) is 5.26 Å². The van der Waals surface area contributed by atoms with Gasteiger partial charge in [0.25, 0.3) is 0 Å². The van der Waals surface area contributed by atoms with Crippen LogP contribution in [0.25, 0.3) is 0 Å². The molecule has 1 fully saturated rings. The van der Waals surface area contributed by atoms with E-state index in [9.17, 15) is 0 Å². The molecule has 0 amide bonds. The summed E-state index contributed by atoms with van der Waals surface area (Å²) in [6, 6.07) is 13.3. The van der Waals surface area contributed by atoms with Gasteiger partial charge in [0.1, 0.15) is 0 Å². The highest BCUT2D eigenvalue weighted by molar-refractivity contribution is 5.18. The highest BCUT2D eigenvalue weighted by atomic mass is 16.5. The monoisotopic (exact) mass is 258 g/mol. The van der Waals surface area contributed by atoms with E-state index >= 15 is 0 Å². The van der Waals surface area contributed by atoms with Crippen LogP contribution in [0.1, 0.15) is 31.4 Å². The summed E-state index contributed by atoms with van der Waals surface area (Å²) in [5.74, 6) is 0.384. The van der Waals surface area contributed by atoms with E-state index in [1.165, 1.54) is 5.56 Å². The zero-order valence-corrected chi connectivity index (χ0v) is 11.7. The fourth-order valence-electron chi connectivity index (χ4n) is 2.90. The number of hydrogen-bond donors (Lipinski definition) is 0. The smallest absolute Gasteiger partial charge is 0.0736 e. The van der Waals surface area contributed by atoms with E-state index in [2.05, 4.69) is 42.2 Å². The van der Waals surface area contributed by atoms with Crippen molar-refractivity contribution in [3.05, 3.63) is 35.9 Å². The maximum atomic E-state index is 8.87. The van der Waals surface area contributed by atoms with E-state index < -0.39 is 0 Å². The Morgan fingerprint density at radius 2 is 2.16 bits per heavy atom. The highest BCUT2D eigenvalue weighted by Crippen LogP contribution is 2.29. The first-order valence-corrected chi connectivity index (χ1v) is 6.95. The summed E-state index contributed by atoms with van der Waals surface area (Å²) in [6.07, 6.45) is 1.83. The molecule has 3 nitrogen and oxygen atoms in total. The zero-order chi connectivity index (χ0) is 13.7. The first-order valence-electron chi connectivity index (χ1n) is 6.95. The Morgan fingerprint density at radius 1 is 1.42 bits per heavy atom. The van der Waals surface area contributed by atoms with Gasteiger partial charge in [-0.05, 0) is 25.5 Å². The molecule has 19 heavy (non-hydrogen) atoms. The molecule has 1 aromatic carbocycles. The summed E-state index contributed by atoms with van der Waals surface area (Å²) in [6.45, 7) is 4.20. The molecule has 0 N–H and O–H groups in total. The quantitative estimate of drug-likeness (QED) is 0.833. The molecule has 1 heterocycles. The van der Waals surface area contributed by atoms with E-state index in [4.69, 9.17) is 10.00 Å². The van der Waals surface area contributed by atoms with Crippen LogP contribution in [-0.4, -0.2) is 31.2 Å². The predicted octanol–water partition coefficient (Wildman–Crippen LogP) is 3.00. The Kier molecular flexibility index (Phi) is 4.95. The van der Waals surface area contributed by atoms with Gasteiger partial charge in [-0.15, -0.1) is 0 Å². The summed E-state index contributed by atoms with van der Waals surface area (Å²) in [7, 11) is 1.76. The van der Waals surface area contributed by atoms with Gasteiger partial charge in [0.05, 0.1) is 12.2 Å². The van der Waals surface area contributed by atoms with Crippen LogP contribution >= 0.6 is 0 Å². The summed E-state index contributed by atoms with van der Waals surface area (Å²) in [5.41, 5.74) is 1.34. The average Bonchev–Trinajstić information content (AvgIpc) is 2.48. The van der Waals surface area contributed by atoms with Crippen LogP contribution in [0.5, 0.6) is 0 Å². The van der Waals surface area contributed by atoms with Gasteiger partial charge in [0.15, 0.2) is 0 Å². The van der Waals surface area contributed by atoms with Gasteiger partial charge in [0.2, 0.25) is 0 Å². The number of methoxy groups -OCH3 is 1. The summed E-state index contributed by atoms with van der Waals surface area (Å²) in [5, 5.41) is 8.87. The van der Waals surface area contributed by atoms with Gasteiger partial charge in [-0.25, -0.2) is 0 Å². The summed E-state index contributed by atoms with van der Waals surface area (Å²) >= 11 is 0. The number of hydrogen-bond acceptors (Lipinski definition) is 3. The number of rotatable bonds is 4. The lowest BCUT2D eigenvalue weighted by atomic mass is 9.90. The molecule has 0 bridgehead atoms. The zero-order valence-electron chi connectivity index (χ0n) is 11.7. The third kappa shape index (κ3) is 3.34. The number of nitrogens with zero attached hydrogens (tertiary/aromatic N) is 2. The fourth-order valence-corrected chi connectivity index (χ4v) is 2.90. The highest BCUT2D eigenvalue weighted by Gasteiger charge is 2.31. The third-order valence-electron chi connectivity index (χ3n) is 4.21. The lowest BCUT2D eigenvalue weighted by Gasteiger charge is -2.40. The molecule has 0 radical (unpaired) electrons. The molecular formula is C16H22N2O. The lowest BCUT2D eigenvalue weighted by Crippen LogP contribution is -2.45. The molecule has 2 rings (SSSR count). The van der Waals surface area contributed by atoms with Crippen LogP contribution in [0.3, 0.4) is 0 Å². The number of benzene rings is 1. The van der Waals surface area contributed by atoms with Crippen LogP contribution < -0.4 is 0 Å². The van der Waals surface area contributed by atoms with Crippen LogP contribution in [0.2, 0.25) is 0 Å². The molecule has 3 heteroatoms. The standard InChI is InChI=1S/C16H22N2O/c1-13(14-6-4-3-5-7-14)18-11-9-15(8-10-17)16(12-18)19-2/h3-7,13,15-16H,8-9,11-12H2,1-2H3/t13-,15?,16?/m0/s1. The molecule has 1 aliphatic rings. The van der Waals surface area contributed by atoms with Gasteiger partial charge < -0.3 is 4.74 Å². The Labute approximate surface area is 115 Å². The van der Waals surface area contributed by atoms with Gasteiger partial charge in [-0.1, -0.05) is 30.3 Å². The minimum absolute atomic E-state index is 0.180. The van der Waals surface area contributed by atoms with E-state index in [0.29, 0.717) is 18.4 Å². The number of piperidine rings is 1. The third-order valence-corrected chi connectivity index (χ3v) is 4.21. The first-order chi connectivity index (χ1) is 9.26. The Morgan fingerprint density at radius 3 is 2.79 bits per heavy atom. The Bertz CT molecular complexity index is 426. The van der Waals surface area contributed by atoms with Crippen LogP contribution in [0.15, 0.2) is 30.3 Å². The van der Waals surface area contributed by atoms with Crippen molar-refractivity contribution in [3.63, 3.8) is 0 Å². The van der Waals surface area contributed by atoms with Crippen molar-refractivity contribution in [1.82, 2.24) is 4.90 Å². The molecule has 3 atom stereocenters. The van der Waals surface area contributed by atoms with E-state index in [1.54, 1.807) is 7.11 Å². The molecular weight excluding hydrogens is 236 g/mol. The summed E-state index contributed by atoms with van der Waals surface area (Å²) in [4.78, 5) is 2.46. The van der Waals surface area contributed by atoms with E-state index in [0.717, 1.165) is 19.5 Å². The normalized spacial score (nSPS) is 25.7. The van der Waals surface area contributed by atoms with Crippen molar-refractivity contribution in [2.45, 2.75) is 31.9 Å². The number of ether oxygens (including phenoxy) is 1. The van der Waals surface area contributed by atoms with Crippen molar-refractivity contribution in [1.29, 1.82) is 5.26 Å². The van der Waals surface area contributed by atoms with Gasteiger partial charge in [-0.3, -0.25) is 4.90 Å². The van der Waals surface area contributed by atoms with Crippen LogP contribution in [0.4, 0.5) is 0 Å². The van der Waals surface area contributed by atoms with Crippen LogP contribution in [-0.2, 0) is 4.74 Å². The largest absolute Gasteiger partial charge is 0.380 e. The van der Waals surface area contributed by atoms with Gasteiger partial charge >= 0.3 is 0 Å². The second kappa shape index (κ2) is 6.70. The SMILES string of the molecule is COC1CN([C@@H](C)c2ccccc2)CCC1CC#N. The summed E-state index contributed by atoms with van der Waals surface area (Å²) < 4.78 is 5.58. The van der Waals surface area contributed by atoms with Crippen molar-refractivity contribution in [3.8, 4) is 6.07 Å². The van der Waals surface area contributed by atoms with Crippen molar-refractivity contribution >= 4 is 0 Å². The number of nitriles is 1. The topological polar surface area (TPSA) is 36.3 Å². The molecule has 0 aliphatic carbocycles. The maximum absolute atomic E-state index is 8.87. The number of likely N-dealkylation sites (tertiary alicyclic amines) is 1. The second-order valence-electron chi connectivity index (χ2n) is 5.27. The predicted molar refractivity (Wildman–Crippen MR) is 75.6 cm³/mol. The molecule has 102 valence electrons. The first kappa shape index (κ1) is 14.0. The molecule has 2 unspecified atom stereocenters. The minimum Gasteiger partial charge on any atom is -0.380 e. The minimum atomic E-state index is 0.180. The van der Waals surface area contributed by atoms with E-state index in [1.807, 2.05) is 6.07 Å². The molecule has 1 saturated heterocycles. The average molecular weight is 258 g/mol. The lowest BCUT2D eigenvalue weighted by molar-refractivity contribution is -0.0215. The van der Waals surface area contributed by atoms with Crippen molar-refractivity contribution < 1.29 is 4.74 Å². The molecule has 0 spiro atoms. The van der Waals surface area contributed by atoms with Crippen molar-refractivity contribution in [2.24, 2.45) is 5.92 Å². The van der Waals surface area contributed by atoms with Gasteiger partial charge in [0, 0.05) is 32.0 Å². The second-order valence-corrected chi connectivity index (χ2v) is 5.27. The Hall–Kier alpha value is -1.37.